The summed E-state index contributed by atoms with van der Waals surface area (Å²) in [4.78, 5) is 6.29. The van der Waals surface area contributed by atoms with Crippen LogP contribution in [0.25, 0.3) is 0 Å². The van der Waals surface area contributed by atoms with Gasteiger partial charge in [0.05, 0.1) is 0 Å². The van der Waals surface area contributed by atoms with Gasteiger partial charge in [-0.3, -0.25) is 4.90 Å². The summed E-state index contributed by atoms with van der Waals surface area (Å²) in [7, 11) is 2.12. The SMILES string of the molecule is CSCCC(C)N(C)Cc1ccnc(C#N)c1. The van der Waals surface area contributed by atoms with Crippen molar-refractivity contribution in [3.63, 3.8) is 0 Å². The second kappa shape index (κ2) is 7.31. The van der Waals surface area contributed by atoms with E-state index in [1.165, 1.54) is 12.2 Å². The van der Waals surface area contributed by atoms with Gasteiger partial charge in [0.1, 0.15) is 11.8 Å². The summed E-state index contributed by atoms with van der Waals surface area (Å²) in [5.41, 5.74) is 1.64. The Morgan fingerprint density at radius 2 is 2.35 bits per heavy atom. The molecule has 0 amide bonds. The summed E-state index contributed by atoms with van der Waals surface area (Å²) in [5, 5.41) is 8.79. The van der Waals surface area contributed by atoms with Crippen molar-refractivity contribution in [2.45, 2.75) is 25.9 Å². The van der Waals surface area contributed by atoms with Gasteiger partial charge in [-0.2, -0.15) is 17.0 Å². The number of rotatable bonds is 6. The van der Waals surface area contributed by atoms with Crippen molar-refractivity contribution in [3.05, 3.63) is 29.6 Å². The van der Waals surface area contributed by atoms with E-state index >= 15 is 0 Å². The third kappa shape index (κ3) is 4.76. The lowest BCUT2D eigenvalue weighted by atomic mass is 10.2. The van der Waals surface area contributed by atoms with E-state index in [0.29, 0.717) is 11.7 Å². The monoisotopic (exact) mass is 249 g/mol. The van der Waals surface area contributed by atoms with E-state index in [1.807, 2.05) is 23.9 Å². The van der Waals surface area contributed by atoms with Crippen molar-refractivity contribution in [1.82, 2.24) is 9.88 Å². The molecule has 1 rings (SSSR count). The summed E-state index contributed by atoms with van der Waals surface area (Å²) in [6.45, 7) is 3.11. The molecular formula is C13H19N3S. The molecule has 0 aliphatic carbocycles. The van der Waals surface area contributed by atoms with Gasteiger partial charge in [-0.1, -0.05) is 0 Å². The first-order chi connectivity index (χ1) is 8.17. The first-order valence-electron chi connectivity index (χ1n) is 5.71. The Labute approximate surface area is 108 Å². The number of hydrogen-bond donors (Lipinski definition) is 0. The van der Waals surface area contributed by atoms with Gasteiger partial charge in [0.25, 0.3) is 0 Å². The average molecular weight is 249 g/mol. The van der Waals surface area contributed by atoms with Gasteiger partial charge < -0.3 is 0 Å². The van der Waals surface area contributed by atoms with Crippen LogP contribution < -0.4 is 0 Å². The molecule has 0 aliphatic heterocycles. The van der Waals surface area contributed by atoms with E-state index in [1.54, 1.807) is 6.20 Å². The predicted molar refractivity (Wildman–Crippen MR) is 72.9 cm³/mol. The largest absolute Gasteiger partial charge is 0.299 e. The summed E-state index contributed by atoms with van der Waals surface area (Å²) in [5.74, 6) is 1.19. The second-order valence-electron chi connectivity index (χ2n) is 4.21. The molecule has 1 aromatic heterocycles. The lowest BCUT2D eigenvalue weighted by Gasteiger charge is -2.24. The third-order valence-electron chi connectivity index (χ3n) is 2.86. The molecule has 0 N–H and O–H groups in total. The van der Waals surface area contributed by atoms with E-state index in [-0.39, 0.29) is 0 Å². The van der Waals surface area contributed by atoms with Crippen LogP contribution in [0.1, 0.15) is 24.6 Å². The molecule has 0 radical (unpaired) electrons. The van der Waals surface area contributed by atoms with Crippen molar-refractivity contribution >= 4 is 11.8 Å². The highest BCUT2D eigenvalue weighted by atomic mass is 32.2. The zero-order valence-electron chi connectivity index (χ0n) is 10.7. The number of thioether (sulfide) groups is 1. The van der Waals surface area contributed by atoms with Gasteiger partial charge in [-0.15, -0.1) is 0 Å². The molecule has 1 heterocycles. The average Bonchev–Trinajstić information content (AvgIpc) is 2.36. The van der Waals surface area contributed by atoms with Crippen LogP contribution >= 0.6 is 11.8 Å². The second-order valence-corrected chi connectivity index (χ2v) is 5.19. The smallest absolute Gasteiger partial charge is 0.140 e. The molecular weight excluding hydrogens is 230 g/mol. The quantitative estimate of drug-likeness (QED) is 0.776. The molecule has 4 heteroatoms. The fourth-order valence-electron chi connectivity index (χ4n) is 1.59. The van der Waals surface area contributed by atoms with Gasteiger partial charge >= 0.3 is 0 Å². The minimum Gasteiger partial charge on any atom is -0.299 e. The Balaban J connectivity index is 2.55. The molecule has 0 aromatic carbocycles. The molecule has 0 bridgehead atoms. The molecule has 0 saturated carbocycles. The molecule has 3 nitrogen and oxygen atoms in total. The van der Waals surface area contributed by atoms with Crippen LogP contribution in [0.2, 0.25) is 0 Å². The lowest BCUT2D eigenvalue weighted by Crippen LogP contribution is -2.29. The normalized spacial score (nSPS) is 12.4. The molecule has 0 spiro atoms. The first kappa shape index (κ1) is 14.0. The Morgan fingerprint density at radius 1 is 1.59 bits per heavy atom. The summed E-state index contributed by atoms with van der Waals surface area (Å²) < 4.78 is 0. The standard InChI is InChI=1S/C13H19N3S/c1-11(5-7-17-3)16(2)10-12-4-6-15-13(8-12)9-14/h4,6,8,11H,5,7,10H2,1-3H3. The van der Waals surface area contributed by atoms with Crippen LogP contribution in [-0.2, 0) is 6.54 Å². The minimum absolute atomic E-state index is 0.493. The number of nitrogens with zero attached hydrogens (tertiary/aromatic N) is 3. The molecule has 17 heavy (non-hydrogen) atoms. The van der Waals surface area contributed by atoms with Crippen molar-refractivity contribution in [3.8, 4) is 6.07 Å². The van der Waals surface area contributed by atoms with E-state index < -0.39 is 0 Å². The number of pyridine rings is 1. The molecule has 1 atom stereocenters. The minimum atomic E-state index is 0.493. The lowest BCUT2D eigenvalue weighted by molar-refractivity contribution is 0.245. The van der Waals surface area contributed by atoms with E-state index in [9.17, 15) is 0 Å². The zero-order chi connectivity index (χ0) is 12.7. The van der Waals surface area contributed by atoms with E-state index in [0.717, 1.165) is 12.1 Å². The predicted octanol–water partition coefficient (Wildman–Crippen LogP) is 2.53. The summed E-state index contributed by atoms with van der Waals surface area (Å²) in [6.07, 6.45) is 5.02. The van der Waals surface area contributed by atoms with Gasteiger partial charge in [0, 0.05) is 18.8 Å². The number of hydrogen-bond acceptors (Lipinski definition) is 4. The number of aromatic nitrogens is 1. The van der Waals surface area contributed by atoms with Crippen molar-refractivity contribution < 1.29 is 0 Å². The van der Waals surface area contributed by atoms with Crippen molar-refractivity contribution in [1.29, 1.82) is 5.26 Å². The van der Waals surface area contributed by atoms with Crippen LogP contribution in [0.4, 0.5) is 0 Å². The maximum Gasteiger partial charge on any atom is 0.140 e. The molecule has 0 saturated heterocycles. The van der Waals surface area contributed by atoms with Gasteiger partial charge in [0.15, 0.2) is 0 Å². The Hall–Kier alpha value is -1.05. The van der Waals surface area contributed by atoms with Crippen molar-refractivity contribution in [2.75, 3.05) is 19.1 Å². The van der Waals surface area contributed by atoms with Crippen LogP contribution in [0.15, 0.2) is 18.3 Å². The van der Waals surface area contributed by atoms with E-state index in [4.69, 9.17) is 5.26 Å². The zero-order valence-corrected chi connectivity index (χ0v) is 11.5. The Kier molecular flexibility index (Phi) is 6.03. The molecule has 0 fully saturated rings. The maximum atomic E-state index is 8.79. The third-order valence-corrected chi connectivity index (χ3v) is 3.51. The fourth-order valence-corrected chi connectivity index (χ4v) is 2.16. The Bertz CT molecular complexity index is 386. The first-order valence-corrected chi connectivity index (χ1v) is 7.11. The molecule has 0 aliphatic rings. The molecule has 1 unspecified atom stereocenters. The van der Waals surface area contributed by atoms with Crippen LogP contribution in [0.5, 0.6) is 0 Å². The summed E-state index contributed by atoms with van der Waals surface area (Å²) >= 11 is 1.88. The van der Waals surface area contributed by atoms with Crippen molar-refractivity contribution in [2.24, 2.45) is 0 Å². The molecule has 92 valence electrons. The maximum absolute atomic E-state index is 8.79. The topological polar surface area (TPSA) is 39.9 Å². The highest BCUT2D eigenvalue weighted by molar-refractivity contribution is 7.98. The van der Waals surface area contributed by atoms with E-state index in [2.05, 4.69) is 36.2 Å². The van der Waals surface area contributed by atoms with Crippen LogP contribution in [0.3, 0.4) is 0 Å². The highest BCUT2D eigenvalue weighted by Gasteiger charge is 2.09. The van der Waals surface area contributed by atoms with Gasteiger partial charge in [0.2, 0.25) is 0 Å². The molecule has 1 aromatic rings. The van der Waals surface area contributed by atoms with Gasteiger partial charge in [-0.25, -0.2) is 4.98 Å². The fraction of sp³-hybridized carbons (Fsp3) is 0.538. The Morgan fingerprint density at radius 3 is 3.00 bits per heavy atom. The van der Waals surface area contributed by atoms with Gasteiger partial charge in [-0.05, 0) is 50.1 Å². The van der Waals surface area contributed by atoms with Crippen LogP contribution in [0, 0.1) is 11.3 Å². The summed E-state index contributed by atoms with van der Waals surface area (Å²) in [6, 6.07) is 6.46. The van der Waals surface area contributed by atoms with Crippen LogP contribution in [-0.4, -0.2) is 35.0 Å². The highest BCUT2D eigenvalue weighted by Crippen LogP contribution is 2.10. The number of nitriles is 1.